The van der Waals surface area contributed by atoms with Gasteiger partial charge in [-0.05, 0) is 24.8 Å². The van der Waals surface area contributed by atoms with Gasteiger partial charge >= 0.3 is 0 Å². The number of halogens is 1. The first-order chi connectivity index (χ1) is 10.0. The van der Waals surface area contributed by atoms with E-state index in [1.165, 1.54) is 18.2 Å². The first-order valence-corrected chi connectivity index (χ1v) is 7.34. The normalized spacial score (nSPS) is 15.3. The lowest BCUT2D eigenvalue weighted by atomic mass is 10.0. The minimum Gasteiger partial charge on any atom is -0.482 e. The van der Waals surface area contributed by atoms with Crippen molar-refractivity contribution in [2.24, 2.45) is 5.92 Å². The number of hydrogen-bond donors (Lipinski definition) is 0. The third-order valence-electron chi connectivity index (χ3n) is 3.54. The molecule has 1 atom stereocenters. The van der Waals surface area contributed by atoms with Gasteiger partial charge in [0.1, 0.15) is 5.75 Å². The second-order valence-corrected chi connectivity index (χ2v) is 5.49. The fraction of sp³-hybridized carbons (Fsp3) is 0.500. The molecule has 0 aromatic heterocycles. The summed E-state index contributed by atoms with van der Waals surface area (Å²) < 4.78 is 5.32. The maximum atomic E-state index is 12.0. The van der Waals surface area contributed by atoms with Crippen LogP contribution in [0, 0.1) is 16.0 Å². The van der Waals surface area contributed by atoms with E-state index in [4.69, 9.17) is 16.3 Å². The second kappa shape index (κ2) is 6.76. The van der Waals surface area contributed by atoms with Gasteiger partial charge in [0, 0.05) is 24.6 Å². The van der Waals surface area contributed by atoms with E-state index in [9.17, 15) is 14.9 Å². The average molecular weight is 313 g/mol. The predicted octanol–water partition coefficient (Wildman–Crippen LogP) is 2.98. The van der Waals surface area contributed by atoms with Crippen LogP contribution in [-0.4, -0.2) is 29.9 Å². The molecule has 1 aromatic carbocycles. The Balaban J connectivity index is 2.20. The van der Waals surface area contributed by atoms with E-state index in [1.807, 2.05) is 0 Å². The zero-order chi connectivity index (χ0) is 15.4. The summed E-state index contributed by atoms with van der Waals surface area (Å²) in [7, 11) is 0. The molecule has 7 heteroatoms. The fourth-order valence-electron chi connectivity index (χ4n) is 2.23. The number of rotatable bonds is 6. The summed E-state index contributed by atoms with van der Waals surface area (Å²) in [6, 6.07) is 4.30. The van der Waals surface area contributed by atoms with Crippen LogP contribution in [0.2, 0.25) is 0 Å². The number of carbonyl (C=O) groups is 1. The first kappa shape index (κ1) is 15.6. The molecule has 1 heterocycles. The molecular formula is C14H17ClN2O4. The minimum absolute atomic E-state index is 0.0330. The van der Waals surface area contributed by atoms with Crippen LogP contribution >= 0.6 is 11.6 Å². The highest BCUT2D eigenvalue weighted by Gasteiger charge is 2.27. The van der Waals surface area contributed by atoms with Crippen LogP contribution in [-0.2, 0) is 4.79 Å². The van der Waals surface area contributed by atoms with Crippen LogP contribution in [0.4, 0.5) is 11.4 Å². The Labute approximate surface area is 127 Å². The number of ether oxygens (including phenoxy) is 1. The van der Waals surface area contributed by atoms with Crippen molar-refractivity contribution in [2.75, 3.05) is 23.9 Å². The van der Waals surface area contributed by atoms with Crippen molar-refractivity contribution >= 4 is 28.9 Å². The van der Waals surface area contributed by atoms with Crippen LogP contribution < -0.4 is 9.64 Å². The van der Waals surface area contributed by atoms with E-state index in [0.717, 1.165) is 12.8 Å². The number of hydrogen-bond acceptors (Lipinski definition) is 4. The van der Waals surface area contributed by atoms with E-state index in [1.54, 1.807) is 4.90 Å². The Morgan fingerprint density at radius 2 is 2.24 bits per heavy atom. The van der Waals surface area contributed by atoms with E-state index in [0.29, 0.717) is 29.8 Å². The third-order valence-corrected chi connectivity index (χ3v) is 3.76. The standard InChI is InChI=1S/C14H17ClN2O4/c1-10(4-6-15)5-7-16-12-8-11(17(19)20)2-3-13(12)21-9-14(16)18/h2-3,8,10H,4-7,9H2,1H3. The lowest BCUT2D eigenvalue weighted by Crippen LogP contribution is -2.39. The summed E-state index contributed by atoms with van der Waals surface area (Å²) in [6.07, 6.45) is 1.67. The number of non-ortho nitro benzene ring substituents is 1. The lowest BCUT2D eigenvalue weighted by Gasteiger charge is -2.29. The SMILES string of the molecule is CC(CCCl)CCN1C(=O)COc2ccc([N+](=O)[O-])cc21. The van der Waals surface area contributed by atoms with E-state index in [-0.39, 0.29) is 18.2 Å². The molecule has 0 spiro atoms. The topological polar surface area (TPSA) is 72.7 Å². The van der Waals surface area contributed by atoms with Gasteiger partial charge in [-0.25, -0.2) is 0 Å². The van der Waals surface area contributed by atoms with Crippen molar-refractivity contribution in [2.45, 2.75) is 19.8 Å². The molecule has 1 unspecified atom stereocenters. The summed E-state index contributed by atoms with van der Waals surface area (Å²) in [5.41, 5.74) is 0.421. The average Bonchev–Trinajstić information content (AvgIpc) is 2.45. The molecule has 0 bridgehead atoms. The Morgan fingerprint density at radius 3 is 2.90 bits per heavy atom. The second-order valence-electron chi connectivity index (χ2n) is 5.11. The molecule has 0 radical (unpaired) electrons. The molecule has 0 aliphatic carbocycles. The molecule has 6 nitrogen and oxygen atoms in total. The van der Waals surface area contributed by atoms with Crippen LogP contribution in [0.25, 0.3) is 0 Å². The zero-order valence-corrected chi connectivity index (χ0v) is 12.5. The smallest absolute Gasteiger partial charge is 0.271 e. The number of nitro groups is 1. The number of fused-ring (bicyclic) bond motifs is 1. The van der Waals surface area contributed by atoms with Crippen LogP contribution in [0.3, 0.4) is 0 Å². The molecule has 0 saturated heterocycles. The van der Waals surface area contributed by atoms with E-state index in [2.05, 4.69) is 6.92 Å². The number of benzene rings is 1. The van der Waals surface area contributed by atoms with Gasteiger partial charge in [-0.15, -0.1) is 11.6 Å². The highest BCUT2D eigenvalue weighted by atomic mass is 35.5. The number of nitrogens with zero attached hydrogens (tertiary/aromatic N) is 2. The molecule has 0 N–H and O–H groups in total. The van der Waals surface area contributed by atoms with Crippen LogP contribution in [0.5, 0.6) is 5.75 Å². The van der Waals surface area contributed by atoms with Gasteiger partial charge in [-0.1, -0.05) is 6.92 Å². The molecule has 2 rings (SSSR count). The largest absolute Gasteiger partial charge is 0.482 e. The minimum atomic E-state index is -0.479. The molecule has 21 heavy (non-hydrogen) atoms. The van der Waals surface area contributed by atoms with Crippen molar-refractivity contribution in [1.29, 1.82) is 0 Å². The van der Waals surface area contributed by atoms with Gasteiger partial charge in [0.25, 0.3) is 11.6 Å². The summed E-state index contributed by atoms with van der Waals surface area (Å²) in [5.74, 6) is 1.30. The summed E-state index contributed by atoms with van der Waals surface area (Å²) in [4.78, 5) is 24.0. The van der Waals surface area contributed by atoms with Crippen molar-refractivity contribution in [1.82, 2.24) is 0 Å². The molecule has 1 amide bonds. The maximum Gasteiger partial charge on any atom is 0.271 e. The monoisotopic (exact) mass is 312 g/mol. The molecule has 114 valence electrons. The van der Waals surface area contributed by atoms with Crippen molar-refractivity contribution in [3.63, 3.8) is 0 Å². The first-order valence-electron chi connectivity index (χ1n) is 6.80. The lowest BCUT2D eigenvalue weighted by molar-refractivity contribution is -0.384. The molecular weight excluding hydrogens is 296 g/mol. The molecule has 1 aliphatic rings. The van der Waals surface area contributed by atoms with E-state index < -0.39 is 4.92 Å². The number of carbonyl (C=O) groups excluding carboxylic acids is 1. The van der Waals surface area contributed by atoms with Crippen LogP contribution in [0.15, 0.2) is 18.2 Å². The fourth-order valence-corrected chi connectivity index (χ4v) is 2.60. The quantitative estimate of drug-likeness (QED) is 0.460. The molecule has 1 aromatic rings. The van der Waals surface area contributed by atoms with Gasteiger partial charge in [-0.2, -0.15) is 0 Å². The molecule has 1 aliphatic heterocycles. The predicted molar refractivity (Wildman–Crippen MR) is 80.1 cm³/mol. The maximum absolute atomic E-state index is 12.0. The Bertz CT molecular complexity index is 550. The molecule has 0 saturated carbocycles. The number of nitro benzene ring substituents is 1. The van der Waals surface area contributed by atoms with Gasteiger partial charge in [0.15, 0.2) is 6.61 Å². The van der Waals surface area contributed by atoms with Crippen molar-refractivity contribution in [3.8, 4) is 5.75 Å². The Morgan fingerprint density at radius 1 is 1.48 bits per heavy atom. The third kappa shape index (κ3) is 3.64. The zero-order valence-electron chi connectivity index (χ0n) is 11.8. The summed E-state index contributed by atoms with van der Waals surface area (Å²) in [6.45, 7) is 2.55. The van der Waals surface area contributed by atoms with Crippen molar-refractivity contribution in [3.05, 3.63) is 28.3 Å². The number of amides is 1. The summed E-state index contributed by atoms with van der Waals surface area (Å²) >= 11 is 5.71. The Kier molecular flexibility index (Phi) is 5.01. The highest BCUT2D eigenvalue weighted by Crippen LogP contribution is 2.35. The highest BCUT2D eigenvalue weighted by molar-refractivity contribution is 6.17. The number of anilines is 1. The van der Waals surface area contributed by atoms with Gasteiger partial charge in [0.2, 0.25) is 0 Å². The molecule has 0 fully saturated rings. The Hall–Kier alpha value is -1.82. The van der Waals surface area contributed by atoms with E-state index >= 15 is 0 Å². The number of alkyl halides is 1. The summed E-state index contributed by atoms with van der Waals surface area (Å²) in [5, 5.41) is 10.9. The van der Waals surface area contributed by atoms with Crippen LogP contribution in [0.1, 0.15) is 19.8 Å². The van der Waals surface area contributed by atoms with Gasteiger partial charge in [0.05, 0.1) is 10.6 Å². The van der Waals surface area contributed by atoms with Gasteiger partial charge in [-0.3, -0.25) is 14.9 Å². The van der Waals surface area contributed by atoms with Crippen molar-refractivity contribution < 1.29 is 14.5 Å². The van der Waals surface area contributed by atoms with Gasteiger partial charge < -0.3 is 9.64 Å².